The van der Waals surface area contributed by atoms with Crippen LogP contribution in [0.5, 0.6) is 0 Å². The van der Waals surface area contributed by atoms with Crippen LogP contribution in [0, 0.1) is 6.92 Å². The number of hydrogen-bond donors (Lipinski definition) is 1. The number of likely N-dealkylation sites (N-methyl/N-ethyl adjacent to an activating group) is 1. The highest BCUT2D eigenvalue weighted by Crippen LogP contribution is 2.15. The van der Waals surface area contributed by atoms with E-state index in [9.17, 15) is 9.59 Å². The first-order chi connectivity index (χ1) is 10.5. The molecule has 22 heavy (non-hydrogen) atoms. The van der Waals surface area contributed by atoms with Crippen LogP contribution in [0.1, 0.15) is 11.4 Å². The van der Waals surface area contributed by atoms with Crippen LogP contribution < -0.4 is 5.56 Å². The first-order valence-electron chi connectivity index (χ1n) is 7.78. The average molecular weight is 305 g/mol. The number of piperazine rings is 2. The summed E-state index contributed by atoms with van der Waals surface area (Å²) in [7, 11) is 2.12. The number of rotatable bonds is 2. The second kappa shape index (κ2) is 6.18. The van der Waals surface area contributed by atoms with Gasteiger partial charge >= 0.3 is 0 Å². The number of aromatic amines is 1. The molecule has 7 nitrogen and oxygen atoms in total. The van der Waals surface area contributed by atoms with Gasteiger partial charge in [0, 0.05) is 57.1 Å². The Kier molecular flexibility index (Phi) is 4.26. The second-order valence-electron chi connectivity index (χ2n) is 6.29. The summed E-state index contributed by atoms with van der Waals surface area (Å²) in [4.78, 5) is 37.7. The lowest BCUT2D eigenvalue weighted by Gasteiger charge is -2.46. The third-order valence-electron chi connectivity index (χ3n) is 4.59. The molecule has 120 valence electrons. The molecule has 0 aromatic carbocycles. The van der Waals surface area contributed by atoms with E-state index in [1.54, 1.807) is 6.92 Å². The molecule has 0 saturated carbocycles. The molecule has 1 aromatic heterocycles. The zero-order chi connectivity index (χ0) is 15.7. The lowest BCUT2D eigenvalue weighted by molar-refractivity contribution is -0.134. The van der Waals surface area contributed by atoms with Crippen molar-refractivity contribution in [2.24, 2.45) is 0 Å². The second-order valence-corrected chi connectivity index (χ2v) is 6.29. The molecule has 2 fully saturated rings. The molecule has 3 rings (SSSR count). The van der Waals surface area contributed by atoms with Crippen LogP contribution in [0.2, 0.25) is 0 Å². The van der Waals surface area contributed by atoms with Crippen LogP contribution in [-0.2, 0) is 11.2 Å². The topological polar surface area (TPSA) is 72.5 Å². The summed E-state index contributed by atoms with van der Waals surface area (Å²) < 4.78 is 0. The van der Waals surface area contributed by atoms with Gasteiger partial charge in [0.1, 0.15) is 5.82 Å². The summed E-state index contributed by atoms with van der Waals surface area (Å²) in [5.74, 6) is 0.587. The van der Waals surface area contributed by atoms with E-state index in [0.29, 0.717) is 17.4 Å². The quantitative estimate of drug-likeness (QED) is 0.765. The lowest BCUT2D eigenvalue weighted by Crippen LogP contribution is -2.62. The van der Waals surface area contributed by atoms with Crippen LogP contribution in [0.3, 0.4) is 0 Å². The van der Waals surface area contributed by atoms with Gasteiger partial charge in [-0.2, -0.15) is 0 Å². The molecule has 2 aliphatic heterocycles. The van der Waals surface area contributed by atoms with Gasteiger partial charge in [-0.25, -0.2) is 4.98 Å². The van der Waals surface area contributed by atoms with Crippen LogP contribution in [0.15, 0.2) is 11.0 Å². The number of aryl methyl sites for hydroxylation is 1. The molecule has 1 amide bonds. The van der Waals surface area contributed by atoms with Crippen molar-refractivity contribution in [2.75, 3.05) is 46.3 Å². The highest BCUT2D eigenvalue weighted by molar-refractivity contribution is 5.78. The van der Waals surface area contributed by atoms with Crippen LogP contribution >= 0.6 is 0 Å². The summed E-state index contributed by atoms with van der Waals surface area (Å²) in [6.45, 7) is 7.31. The Bertz CT molecular complexity index is 614. The summed E-state index contributed by atoms with van der Waals surface area (Å²) >= 11 is 0. The zero-order valence-corrected chi connectivity index (χ0v) is 13.2. The number of carbonyl (C=O) groups excluding carboxylic acids is 1. The Labute approximate surface area is 129 Å². The maximum absolute atomic E-state index is 12.5. The van der Waals surface area contributed by atoms with Crippen molar-refractivity contribution in [1.82, 2.24) is 24.7 Å². The van der Waals surface area contributed by atoms with E-state index < -0.39 is 0 Å². The first kappa shape index (κ1) is 15.2. The van der Waals surface area contributed by atoms with Crippen LogP contribution in [0.4, 0.5) is 0 Å². The maximum Gasteiger partial charge on any atom is 0.254 e. The summed E-state index contributed by atoms with van der Waals surface area (Å²) in [6, 6.07) is 0.408. The molecule has 2 aliphatic rings. The molecular weight excluding hydrogens is 282 g/mol. The molecule has 0 radical (unpaired) electrons. The fourth-order valence-corrected chi connectivity index (χ4v) is 3.25. The van der Waals surface area contributed by atoms with Crippen molar-refractivity contribution in [3.8, 4) is 0 Å². The Balaban J connectivity index is 1.64. The number of carbonyl (C=O) groups is 1. The predicted molar refractivity (Wildman–Crippen MR) is 82.7 cm³/mol. The largest absolute Gasteiger partial charge is 0.340 e. The number of nitrogens with zero attached hydrogens (tertiary/aromatic N) is 4. The van der Waals surface area contributed by atoms with Crippen LogP contribution in [0.25, 0.3) is 0 Å². The normalized spacial score (nSPS) is 23.4. The summed E-state index contributed by atoms with van der Waals surface area (Å²) in [6.07, 6.45) is 1.64. The summed E-state index contributed by atoms with van der Waals surface area (Å²) in [5, 5.41) is 0. The van der Waals surface area contributed by atoms with E-state index in [2.05, 4.69) is 26.8 Å². The number of H-pyrrole nitrogens is 1. The van der Waals surface area contributed by atoms with Gasteiger partial charge in [-0.3, -0.25) is 14.5 Å². The van der Waals surface area contributed by atoms with E-state index in [-0.39, 0.29) is 17.9 Å². The lowest BCUT2D eigenvalue weighted by atomic mass is 10.1. The minimum Gasteiger partial charge on any atom is -0.340 e. The Hall–Kier alpha value is -1.73. The van der Waals surface area contributed by atoms with Gasteiger partial charge < -0.3 is 14.8 Å². The number of amides is 1. The minimum atomic E-state index is -0.211. The van der Waals surface area contributed by atoms with Gasteiger partial charge in [-0.05, 0) is 14.0 Å². The van der Waals surface area contributed by atoms with Gasteiger partial charge in [-0.15, -0.1) is 0 Å². The molecule has 3 heterocycles. The van der Waals surface area contributed by atoms with Crippen molar-refractivity contribution >= 4 is 5.91 Å². The Morgan fingerprint density at radius 1 is 1.32 bits per heavy atom. The Morgan fingerprint density at radius 2 is 2.09 bits per heavy atom. The molecule has 0 bridgehead atoms. The van der Waals surface area contributed by atoms with Crippen molar-refractivity contribution in [3.05, 3.63) is 27.9 Å². The first-order valence-corrected chi connectivity index (χ1v) is 7.78. The molecule has 7 heteroatoms. The van der Waals surface area contributed by atoms with E-state index in [4.69, 9.17) is 0 Å². The van der Waals surface area contributed by atoms with E-state index >= 15 is 0 Å². The van der Waals surface area contributed by atoms with E-state index in [1.807, 2.05) is 4.90 Å². The van der Waals surface area contributed by atoms with Gasteiger partial charge in [0.05, 0.1) is 6.42 Å². The third kappa shape index (κ3) is 3.20. The number of aromatic nitrogens is 2. The monoisotopic (exact) mass is 305 g/mol. The smallest absolute Gasteiger partial charge is 0.254 e. The highest BCUT2D eigenvalue weighted by Gasteiger charge is 2.32. The molecule has 0 aliphatic carbocycles. The van der Waals surface area contributed by atoms with Gasteiger partial charge in [0.15, 0.2) is 0 Å². The zero-order valence-electron chi connectivity index (χ0n) is 13.2. The van der Waals surface area contributed by atoms with Crippen molar-refractivity contribution in [2.45, 2.75) is 19.4 Å². The molecule has 0 spiro atoms. The Morgan fingerprint density at radius 3 is 2.86 bits per heavy atom. The van der Waals surface area contributed by atoms with Gasteiger partial charge in [0.25, 0.3) is 5.56 Å². The fourth-order valence-electron chi connectivity index (χ4n) is 3.25. The molecule has 2 saturated heterocycles. The number of nitrogens with one attached hydrogen (secondary N) is 1. The summed E-state index contributed by atoms with van der Waals surface area (Å²) in [5.41, 5.74) is 0.232. The molecule has 1 N–H and O–H groups in total. The van der Waals surface area contributed by atoms with Crippen molar-refractivity contribution in [1.29, 1.82) is 0 Å². The van der Waals surface area contributed by atoms with Crippen LogP contribution in [-0.4, -0.2) is 82.9 Å². The predicted octanol–water partition coefficient (Wildman–Crippen LogP) is -0.921. The molecule has 1 unspecified atom stereocenters. The molecule has 1 aromatic rings. The maximum atomic E-state index is 12.5. The average Bonchev–Trinajstić information content (AvgIpc) is 2.49. The molecular formula is C15H23N5O2. The fraction of sp³-hybridized carbons (Fsp3) is 0.667. The van der Waals surface area contributed by atoms with Gasteiger partial charge in [0.2, 0.25) is 5.91 Å². The third-order valence-corrected chi connectivity index (χ3v) is 4.59. The standard InChI is InChI=1S/C15H23N5O2/c1-11-16-8-12(15(22)17-11)7-14(21)20-6-5-19-4-3-18(2)9-13(19)10-20/h8,13H,3-7,9-10H2,1-2H3,(H,16,17,22). The highest BCUT2D eigenvalue weighted by atomic mass is 16.2. The van der Waals surface area contributed by atoms with Gasteiger partial charge in [-0.1, -0.05) is 0 Å². The van der Waals surface area contributed by atoms with E-state index in [0.717, 1.165) is 39.3 Å². The SMILES string of the molecule is Cc1ncc(CC(=O)N2CCN3CCN(C)CC3C2)c(=O)[nH]1. The number of hydrogen-bond acceptors (Lipinski definition) is 5. The van der Waals surface area contributed by atoms with E-state index in [1.165, 1.54) is 6.20 Å². The van der Waals surface area contributed by atoms with Crippen molar-refractivity contribution in [3.63, 3.8) is 0 Å². The molecule has 1 atom stereocenters. The number of fused-ring (bicyclic) bond motifs is 1. The minimum absolute atomic E-state index is 0.0176. The van der Waals surface area contributed by atoms with Crippen molar-refractivity contribution < 1.29 is 4.79 Å².